The fourth-order valence-corrected chi connectivity index (χ4v) is 1.86. The summed E-state index contributed by atoms with van der Waals surface area (Å²) in [4.78, 5) is 27.3. The number of esters is 1. The van der Waals surface area contributed by atoms with Gasteiger partial charge in [-0.15, -0.1) is 0 Å². The van der Waals surface area contributed by atoms with E-state index in [4.69, 9.17) is 23.2 Å². The summed E-state index contributed by atoms with van der Waals surface area (Å²) in [6, 6.07) is 7.79. The quantitative estimate of drug-likeness (QED) is 0.693. The highest BCUT2D eigenvalue weighted by molar-refractivity contribution is 6.41. The third-order valence-corrected chi connectivity index (χ3v) is 3.29. The minimum atomic E-state index is -0.484. The molecule has 0 aliphatic carbocycles. The number of nitrogens with one attached hydrogen (secondary N) is 1. The number of rotatable bonds is 3. The molecular weight excluding hydrogens is 315 g/mol. The number of ether oxygens (including phenoxy) is 1. The summed E-state index contributed by atoms with van der Waals surface area (Å²) in [6.45, 7) is 0. The van der Waals surface area contributed by atoms with Gasteiger partial charge in [0.1, 0.15) is 5.15 Å². The van der Waals surface area contributed by atoms with E-state index in [0.717, 1.165) is 0 Å². The molecule has 2 aromatic rings. The third-order valence-electron chi connectivity index (χ3n) is 2.60. The lowest BCUT2D eigenvalue weighted by Gasteiger charge is -2.07. The van der Waals surface area contributed by atoms with Crippen molar-refractivity contribution in [1.29, 1.82) is 0 Å². The van der Waals surface area contributed by atoms with Crippen molar-refractivity contribution in [3.05, 3.63) is 57.8 Å². The van der Waals surface area contributed by atoms with E-state index in [2.05, 4.69) is 15.0 Å². The Morgan fingerprint density at radius 3 is 2.62 bits per heavy atom. The molecule has 0 bridgehead atoms. The van der Waals surface area contributed by atoms with Crippen molar-refractivity contribution in [3.8, 4) is 0 Å². The first-order valence-electron chi connectivity index (χ1n) is 5.82. The second-order valence-electron chi connectivity index (χ2n) is 4.02. The highest BCUT2D eigenvalue weighted by atomic mass is 35.5. The number of benzene rings is 1. The average molecular weight is 325 g/mol. The van der Waals surface area contributed by atoms with Crippen molar-refractivity contribution in [2.75, 3.05) is 12.4 Å². The summed E-state index contributed by atoms with van der Waals surface area (Å²) in [5.74, 6) is -0.898. The van der Waals surface area contributed by atoms with Crippen LogP contribution in [0.5, 0.6) is 0 Å². The normalized spacial score (nSPS) is 10.0. The summed E-state index contributed by atoms with van der Waals surface area (Å²) >= 11 is 11.5. The van der Waals surface area contributed by atoms with Gasteiger partial charge in [0, 0.05) is 11.9 Å². The maximum atomic E-state index is 12.1. The topological polar surface area (TPSA) is 68.3 Å². The molecule has 1 N–H and O–H groups in total. The number of pyridine rings is 1. The van der Waals surface area contributed by atoms with Crippen LogP contribution in [0.15, 0.2) is 36.5 Å². The number of hydrogen-bond donors (Lipinski definition) is 1. The largest absolute Gasteiger partial charge is 0.465 e. The number of carbonyl (C=O) groups excluding carboxylic acids is 2. The monoisotopic (exact) mass is 324 g/mol. The number of methoxy groups -OCH3 is 1. The number of hydrogen-bond acceptors (Lipinski definition) is 4. The van der Waals surface area contributed by atoms with Crippen molar-refractivity contribution in [2.24, 2.45) is 0 Å². The molecule has 0 saturated carbocycles. The summed E-state index contributed by atoms with van der Waals surface area (Å²) in [7, 11) is 1.29. The SMILES string of the molecule is COC(=O)c1cccc(NC(=O)c2cnc(Cl)c(Cl)c2)c1. The van der Waals surface area contributed by atoms with E-state index in [1.807, 2.05) is 0 Å². The molecule has 1 heterocycles. The van der Waals surface area contributed by atoms with Crippen LogP contribution in [-0.2, 0) is 4.74 Å². The lowest BCUT2D eigenvalue weighted by atomic mass is 10.2. The van der Waals surface area contributed by atoms with Gasteiger partial charge in [-0.2, -0.15) is 0 Å². The number of amides is 1. The van der Waals surface area contributed by atoms with Gasteiger partial charge in [-0.25, -0.2) is 9.78 Å². The van der Waals surface area contributed by atoms with E-state index in [9.17, 15) is 9.59 Å². The van der Waals surface area contributed by atoms with Gasteiger partial charge in [0.2, 0.25) is 0 Å². The molecular formula is C14H10Cl2N2O3. The highest BCUT2D eigenvalue weighted by Gasteiger charge is 2.11. The molecule has 2 rings (SSSR count). The van der Waals surface area contributed by atoms with Crippen LogP contribution < -0.4 is 5.32 Å². The molecule has 0 radical (unpaired) electrons. The summed E-state index contributed by atoms with van der Waals surface area (Å²) in [5, 5.41) is 2.95. The van der Waals surface area contributed by atoms with Crippen LogP contribution >= 0.6 is 23.2 Å². The molecule has 0 aliphatic heterocycles. The molecule has 1 amide bonds. The van der Waals surface area contributed by atoms with Gasteiger partial charge >= 0.3 is 5.97 Å². The number of aromatic nitrogens is 1. The molecule has 21 heavy (non-hydrogen) atoms. The number of halogens is 2. The van der Waals surface area contributed by atoms with Crippen molar-refractivity contribution in [1.82, 2.24) is 4.98 Å². The molecule has 0 fully saturated rings. The smallest absolute Gasteiger partial charge is 0.337 e. The van der Waals surface area contributed by atoms with Crippen LogP contribution in [0.2, 0.25) is 10.2 Å². The highest BCUT2D eigenvalue weighted by Crippen LogP contribution is 2.20. The van der Waals surface area contributed by atoms with Gasteiger partial charge in [0.05, 0.1) is 23.3 Å². The Labute approximate surface area is 130 Å². The molecule has 0 saturated heterocycles. The van der Waals surface area contributed by atoms with Crippen LogP contribution in [0.4, 0.5) is 5.69 Å². The second kappa shape index (κ2) is 6.56. The number of carbonyl (C=O) groups is 2. The zero-order valence-corrected chi connectivity index (χ0v) is 12.4. The first kappa shape index (κ1) is 15.3. The molecule has 0 atom stereocenters. The standard InChI is InChI=1S/C14H10Cl2N2O3/c1-21-14(20)8-3-2-4-10(5-8)18-13(19)9-6-11(15)12(16)17-7-9/h2-7H,1H3,(H,18,19). The second-order valence-corrected chi connectivity index (χ2v) is 4.79. The minimum absolute atomic E-state index is 0.126. The summed E-state index contributed by atoms with van der Waals surface area (Å²) < 4.78 is 4.62. The van der Waals surface area contributed by atoms with Gasteiger partial charge < -0.3 is 10.1 Å². The first-order chi connectivity index (χ1) is 10.0. The molecule has 0 aliphatic rings. The minimum Gasteiger partial charge on any atom is -0.465 e. The predicted octanol–water partition coefficient (Wildman–Crippen LogP) is 3.43. The van der Waals surface area contributed by atoms with E-state index in [0.29, 0.717) is 11.3 Å². The van der Waals surface area contributed by atoms with Crippen molar-refractivity contribution < 1.29 is 14.3 Å². The van der Waals surface area contributed by atoms with Crippen molar-refractivity contribution in [2.45, 2.75) is 0 Å². The van der Waals surface area contributed by atoms with Gasteiger partial charge in [-0.05, 0) is 24.3 Å². The van der Waals surface area contributed by atoms with E-state index in [1.165, 1.54) is 25.4 Å². The van der Waals surface area contributed by atoms with E-state index in [-0.39, 0.29) is 15.7 Å². The van der Waals surface area contributed by atoms with Gasteiger partial charge in [0.15, 0.2) is 0 Å². The Morgan fingerprint density at radius 1 is 1.19 bits per heavy atom. The Hall–Kier alpha value is -2.11. The molecule has 0 unspecified atom stereocenters. The molecule has 0 spiro atoms. The predicted molar refractivity (Wildman–Crippen MR) is 80.0 cm³/mol. The van der Waals surface area contributed by atoms with Gasteiger partial charge in [-0.3, -0.25) is 4.79 Å². The Morgan fingerprint density at radius 2 is 1.95 bits per heavy atom. The molecule has 5 nitrogen and oxygen atoms in total. The van der Waals surface area contributed by atoms with E-state index in [1.54, 1.807) is 18.2 Å². The lowest BCUT2D eigenvalue weighted by molar-refractivity contribution is 0.0600. The van der Waals surface area contributed by atoms with E-state index < -0.39 is 11.9 Å². The summed E-state index contributed by atoms with van der Waals surface area (Å²) in [6.07, 6.45) is 1.31. The molecule has 1 aromatic heterocycles. The maximum Gasteiger partial charge on any atom is 0.337 e. The molecule has 108 valence electrons. The van der Waals surface area contributed by atoms with Crippen molar-refractivity contribution >= 4 is 40.8 Å². The molecule has 7 heteroatoms. The van der Waals surface area contributed by atoms with Crippen LogP contribution in [-0.4, -0.2) is 24.0 Å². The third kappa shape index (κ3) is 3.71. The number of nitrogens with zero attached hydrogens (tertiary/aromatic N) is 1. The van der Waals surface area contributed by atoms with Crippen LogP contribution in [0.3, 0.4) is 0 Å². The fraction of sp³-hybridized carbons (Fsp3) is 0.0714. The van der Waals surface area contributed by atoms with Crippen LogP contribution in [0.1, 0.15) is 20.7 Å². The Kier molecular flexibility index (Phi) is 4.77. The number of anilines is 1. The molecule has 1 aromatic carbocycles. The van der Waals surface area contributed by atoms with Crippen molar-refractivity contribution in [3.63, 3.8) is 0 Å². The Bertz CT molecular complexity index is 704. The first-order valence-corrected chi connectivity index (χ1v) is 6.57. The Balaban J connectivity index is 2.19. The van der Waals surface area contributed by atoms with E-state index >= 15 is 0 Å². The van der Waals surface area contributed by atoms with Crippen LogP contribution in [0, 0.1) is 0 Å². The van der Waals surface area contributed by atoms with Gasteiger partial charge in [0.25, 0.3) is 5.91 Å². The average Bonchev–Trinajstić information content (AvgIpc) is 2.49. The fourth-order valence-electron chi connectivity index (χ4n) is 1.59. The zero-order chi connectivity index (χ0) is 15.4. The zero-order valence-electron chi connectivity index (χ0n) is 10.9. The lowest BCUT2D eigenvalue weighted by Crippen LogP contribution is -2.13. The van der Waals surface area contributed by atoms with Crippen LogP contribution in [0.25, 0.3) is 0 Å². The maximum absolute atomic E-state index is 12.1. The summed E-state index contributed by atoms with van der Waals surface area (Å²) in [5.41, 5.74) is 1.05. The van der Waals surface area contributed by atoms with Gasteiger partial charge in [-0.1, -0.05) is 29.3 Å².